The van der Waals surface area contributed by atoms with Crippen molar-refractivity contribution in [1.29, 1.82) is 5.26 Å². The fraction of sp³-hybridized carbons (Fsp3) is 0. The molecule has 0 fully saturated rings. The monoisotopic (exact) mass is 214 g/mol. The van der Waals surface area contributed by atoms with Crippen molar-refractivity contribution in [3.8, 4) is 17.2 Å². The molecule has 0 aliphatic carbocycles. The van der Waals surface area contributed by atoms with Crippen LogP contribution in [0.3, 0.4) is 0 Å². The predicted octanol–water partition coefficient (Wildman–Crippen LogP) is 3.27. The maximum absolute atomic E-state index is 8.67. The van der Waals surface area contributed by atoms with E-state index < -0.39 is 0 Å². The molecular formula is C12H7ClN2. The van der Waals surface area contributed by atoms with Gasteiger partial charge in [0.25, 0.3) is 0 Å². The van der Waals surface area contributed by atoms with Crippen molar-refractivity contribution in [2.75, 3.05) is 0 Å². The molecule has 0 radical (unpaired) electrons. The lowest BCUT2D eigenvalue weighted by atomic mass is 10.1. The van der Waals surface area contributed by atoms with Crippen LogP contribution in [-0.4, -0.2) is 4.98 Å². The van der Waals surface area contributed by atoms with E-state index in [1.54, 1.807) is 30.6 Å². The summed E-state index contributed by atoms with van der Waals surface area (Å²) in [6.07, 6.45) is 3.36. The largest absolute Gasteiger partial charge is 0.264 e. The first-order valence-electron chi connectivity index (χ1n) is 4.41. The third-order valence-electron chi connectivity index (χ3n) is 2.09. The van der Waals surface area contributed by atoms with Crippen LogP contribution in [0.25, 0.3) is 11.1 Å². The number of rotatable bonds is 1. The topological polar surface area (TPSA) is 36.7 Å². The number of benzene rings is 1. The van der Waals surface area contributed by atoms with Crippen molar-refractivity contribution in [2.45, 2.75) is 0 Å². The summed E-state index contributed by atoms with van der Waals surface area (Å²) in [5.74, 6) is 0. The maximum atomic E-state index is 8.67. The molecule has 0 spiro atoms. The Hall–Kier alpha value is -1.85. The van der Waals surface area contributed by atoms with E-state index in [4.69, 9.17) is 16.9 Å². The molecule has 0 bridgehead atoms. The van der Waals surface area contributed by atoms with Gasteiger partial charge < -0.3 is 0 Å². The molecule has 1 aromatic carbocycles. The lowest BCUT2D eigenvalue weighted by molar-refractivity contribution is 1.33. The van der Waals surface area contributed by atoms with Gasteiger partial charge in [0.05, 0.1) is 16.7 Å². The second-order valence-corrected chi connectivity index (χ2v) is 3.45. The Labute approximate surface area is 92.8 Å². The number of hydrogen-bond acceptors (Lipinski definition) is 2. The van der Waals surface area contributed by atoms with Crippen molar-refractivity contribution in [2.24, 2.45) is 0 Å². The minimum Gasteiger partial charge on any atom is -0.264 e. The van der Waals surface area contributed by atoms with E-state index in [0.717, 1.165) is 11.1 Å². The molecule has 0 amide bonds. The first kappa shape index (κ1) is 9.70. The lowest BCUT2D eigenvalue weighted by Gasteiger charge is -2.02. The van der Waals surface area contributed by atoms with Crippen LogP contribution in [-0.2, 0) is 0 Å². The van der Waals surface area contributed by atoms with Crippen LogP contribution in [0.2, 0.25) is 5.02 Å². The molecule has 0 aliphatic heterocycles. The van der Waals surface area contributed by atoms with Gasteiger partial charge in [-0.2, -0.15) is 5.26 Å². The number of nitrogens with zero attached hydrogens (tertiary/aromatic N) is 2. The summed E-state index contributed by atoms with van der Waals surface area (Å²) in [5.41, 5.74) is 2.48. The zero-order valence-electron chi connectivity index (χ0n) is 7.81. The molecule has 72 valence electrons. The van der Waals surface area contributed by atoms with Crippen LogP contribution in [0.5, 0.6) is 0 Å². The lowest BCUT2D eigenvalue weighted by Crippen LogP contribution is -1.82. The van der Waals surface area contributed by atoms with E-state index in [1.807, 2.05) is 12.1 Å². The van der Waals surface area contributed by atoms with Gasteiger partial charge in [-0.3, -0.25) is 4.98 Å². The third kappa shape index (κ3) is 1.98. The summed E-state index contributed by atoms with van der Waals surface area (Å²) in [6, 6.07) is 11.1. The number of halogens is 1. The zero-order chi connectivity index (χ0) is 10.7. The van der Waals surface area contributed by atoms with Crippen LogP contribution >= 0.6 is 11.6 Å². The summed E-state index contributed by atoms with van der Waals surface area (Å²) in [5, 5.41) is 9.33. The van der Waals surface area contributed by atoms with Crippen molar-refractivity contribution in [3.05, 3.63) is 53.3 Å². The summed E-state index contributed by atoms with van der Waals surface area (Å²) >= 11 is 6.03. The van der Waals surface area contributed by atoms with E-state index in [1.165, 1.54) is 0 Å². The van der Waals surface area contributed by atoms with Gasteiger partial charge in [-0.05, 0) is 23.8 Å². The first-order valence-corrected chi connectivity index (χ1v) is 4.79. The Kier molecular flexibility index (Phi) is 2.66. The summed E-state index contributed by atoms with van der Waals surface area (Å²) in [6.45, 7) is 0. The fourth-order valence-electron chi connectivity index (χ4n) is 1.31. The zero-order valence-corrected chi connectivity index (χ0v) is 8.57. The molecule has 0 atom stereocenters. The van der Waals surface area contributed by atoms with Gasteiger partial charge in [-0.1, -0.05) is 23.7 Å². The maximum Gasteiger partial charge on any atom is 0.0991 e. The summed E-state index contributed by atoms with van der Waals surface area (Å²) in [7, 11) is 0. The van der Waals surface area contributed by atoms with Crippen LogP contribution < -0.4 is 0 Å². The first-order chi connectivity index (χ1) is 7.31. The Morgan fingerprint density at radius 3 is 2.47 bits per heavy atom. The van der Waals surface area contributed by atoms with Crippen molar-refractivity contribution in [1.82, 2.24) is 4.98 Å². The van der Waals surface area contributed by atoms with Crippen molar-refractivity contribution in [3.63, 3.8) is 0 Å². The van der Waals surface area contributed by atoms with E-state index in [0.29, 0.717) is 10.6 Å². The highest BCUT2D eigenvalue weighted by atomic mass is 35.5. The van der Waals surface area contributed by atoms with E-state index in [-0.39, 0.29) is 0 Å². The average molecular weight is 215 g/mol. The van der Waals surface area contributed by atoms with Crippen LogP contribution in [0, 0.1) is 11.3 Å². The van der Waals surface area contributed by atoms with Crippen LogP contribution in [0.1, 0.15) is 5.56 Å². The molecule has 0 N–H and O–H groups in total. The Morgan fingerprint density at radius 2 is 1.87 bits per heavy atom. The average Bonchev–Trinajstić information content (AvgIpc) is 2.30. The molecule has 0 aliphatic rings. The van der Waals surface area contributed by atoms with Crippen LogP contribution in [0.15, 0.2) is 42.7 Å². The number of hydrogen-bond donors (Lipinski definition) is 0. The van der Waals surface area contributed by atoms with Gasteiger partial charge in [0.15, 0.2) is 0 Å². The molecule has 0 saturated carbocycles. The number of aromatic nitrogens is 1. The van der Waals surface area contributed by atoms with Crippen LogP contribution in [0.4, 0.5) is 0 Å². The molecule has 2 rings (SSSR count). The molecule has 2 nitrogen and oxygen atoms in total. The van der Waals surface area contributed by atoms with Gasteiger partial charge in [0, 0.05) is 18.0 Å². The molecule has 15 heavy (non-hydrogen) atoms. The summed E-state index contributed by atoms with van der Waals surface area (Å²) in [4.78, 5) is 4.02. The highest BCUT2D eigenvalue weighted by Crippen LogP contribution is 2.26. The van der Waals surface area contributed by atoms with E-state index in [2.05, 4.69) is 11.1 Å². The Bertz CT molecular complexity index is 512. The molecule has 1 heterocycles. The van der Waals surface area contributed by atoms with E-state index >= 15 is 0 Å². The van der Waals surface area contributed by atoms with Gasteiger partial charge in [-0.15, -0.1) is 0 Å². The fourth-order valence-corrected chi connectivity index (χ4v) is 1.53. The third-order valence-corrected chi connectivity index (χ3v) is 2.42. The second-order valence-electron chi connectivity index (χ2n) is 3.04. The minimum absolute atomic E-state index is 0.638. The molecule has 0 unspecified atom stereocenters. The number of nitriles is 1. The van der Waals surface area contributed by atoms with Crippen molar-refractivity contribution < 1.29 is 0 Å². The standard InChI is InChI=1S/C12H7ClN2/c13-12-5-6-15-8-11(12)10-3-1-9(7-14)2-4-10/h1-6,8H. The van der Waals surface area contributed by atoms with Gasteiger partial charge >= 0.3 is 0 Å². The Morgan fingerprint density at radius 1 is 1.13 bits per heavy atom. The predicted molar refractivity (Wildman–Crippen MR) is 59.4 cm³/mol. The SMILES string of the molecule is N#Cc1ccc(-c2cnccc2Cl)cc1. The Balaban J connectivity index is 2.47. The molecular weight excluding hydrogens is 208 g/mol. The molecule has 2 aromatic rings. The highest BCUT2D eigenvalue weighted by Gasteiger charge is 2.02. The molecule has 0 saturated heterocycles. The smallest absolute Gasteiger partial charge is 0.0991 e. The highest BCUT2D eigenvalue weighted by molar-refractivity contribution is 6.33. The van der Waals surface area contributed by atoms with Gasteiger partial charge in [0.2, 0.25) is 0 Å². The molecule has 3 heteroatoms. The van der Waals surface area contributed by atoms with Gasteiger partial charge in [-0.25, -0.2) is 0 Å². The van der Waals surface area contributed by atoms with Crippen molar-refractivity contribution >= 4 is 11.6 Å². The normalized spacial score (nSPS) is 9.60. The summed E-state index contributed by atoms with van der Waals surface area (Å²) < 4.78 is 0. The number of pyridine rings is 1. The van der Waals surface area contributed by atoms with Gasteiger partial charge in [0.1, 0.15) is 0 Å². The molecule has 1 aromatic heterocycles. The minimum atomic E-state index is 0.638. The van der Waals surface area contributed by atoms with E-state index in [9.17, 15) is 0 Å². The second kappa shape index (κ2) is 4.12. The quantitative estimate of drug-likeness (QED) is 0.731.